The predicted octanol–water partition coefficient (Wildman–Crippen LogP) is 6.69. The molecule has 3 nitrogen and oxygen atoms in total. The zero-order valence-corrected chi connectivity index (χ0v) is 18.9. The van der Waals surface area contributed by atoms with Crippen molar-refractivity contribution in [2.45, 2.75) is 77.7 Å². The Morgan fingerprint density at radius 2 is 2.06 bits per heavy atom. The summed E-state index contributed by atoms with van der Waals surface area (Å²) in [5, 5.41) is 4.43. The molecule has 1 aromatic carbocycles. The molecule has 0 bridgehead atoms. The van der Waals surface area contributed by atoms with E-state index in [1.165, 1.54) is 19.1 Å². The van der Waals surface area contributed by atoms with Crippen molar-refractivity contribution in [3.8, 4) is 0 Å². The average molecular weight is 429 g/mol. The molecular formula is C26H34F2N2O. The maximum absolute atomic E-state index is 14.0. The highest BCUT2D eigenvalue weighted by Crippen LogP contribution is 2.29. The Morgan fingerprint density at radius 3 is 2.68 bits per heavy atom. The molecule has 1 N–H and O–H groups in total. The number of carbonyl (C=O) groups excluding carboxylic acids is 1. The first-order valence-electron chi connectivity index (χ1n) is 11.1. The fraction of sp³-hybridized carbons (Fsp3) is 0.462. The van der Waals surface area contributed by atoms with E-state index < -0.39 is 11.6 Å². The lowest BCUT2D eigenvalue weighted by molar-refractivity contribution is -0.119. The number of Topliss-reactive ketones (excluding diaryl/α,β-unsaturated/α-hetero) is 1. The summed E-state index contributed by atoms with van der Waals surface area (Å²) in [4.78, 5) is 12.6. The van der Waals surface area contributed by atoms with Crippen LogP contribution in [0.1, 0.15) is 75.8 Å². The van der Waals surface area contributed by atoms with Crippen LogP contribution in [-0.4, -0.2) is 17.5 Å². The van der Waals surface area contributed by atoms with Crippen LogP contribution in [-0.2, 0) is 4.79 Å². The summed E-state index contributed by atoms with van der Waals surface area (Å²) >= 11 is 0. The first kappa shape index (κ1) is 24.7. The van der Waals surface area contributed by atoms with Crippen LogP contribution in [0.2, 0.25) is 0 Å². The van der Waals surface area contributed by atoms with Crippen LogP contribution >= 0.6 is 0 Å². The van der Waals surface area contributed by atoms with Crippen LogP contribution in [0.3, 0.4) is 0 Å². The van der Waals surface area contributed by atoms with Crippen LogP contribution in [0, 0.1) is 18.6 Å². The Bertz CT molecular complexity index is 847. The molecule has 0 spiro atoms. The van der Waals surface area contributed by atoms with E-state index in [1.54, 1.807) is 6.08 Å². The number of rotatable bonds is 12. The topological polar surface area (TPSA) is 41.5 Å². The second-order valence-electron chi connectivity index (χ2n) is 8.18. The largest absolute Gasteiger partial charge is 0.306 e. The summed E-state index contributed by atoms with van der Waals surface area (Å²) in [5.74, 6) is -1.10. The smallest absolute Gasteiger partial charge is 0.133 e. The molecule has 0 amide bonds. The molecule has 1 aromatic rings. The average Bonchev–Trinajstić information content (AvgIpc) is 3.20. The quantitative estimate of drug-likeness (QED) is 0.377. The van der Waals surface area contributed by atoms with Gasteiger partial charge < -0.3 is 5.43 Å². The lowest BCUT2D eigenvalue weighted by Gasteiger charge is -2.17. The van der Waals surface area contributed by atoms with Gasteiger partial charge in [0.25, 0.3) is 0 Å². The molecule has 1 aliphatic heterocycles. The van der Waals surface area contributed by atoms with Crippen molar-refractivity contribution < 1.29 is 13.6 Å². The summed E-state index contributed by atoms with van der Waals surface area (Å²) in [7, 11) is 0. The number of nitrogens with zero attached hydrogens (tertiary/aromatic N) is 1. The van der Waals surface area contributed by atoms with Gasteiger partial charge in [0.05, 0.1) is 5.71 Å². The monoisotopic (exact) mass is 428 g/mol. The third-order valence-corrected chi connectivity index (χ3v) is 5.69. The number of hydrogen-bond acceptors (Lipinski definition) is 3. The molecule has 0 aromatic heterocycles. The van der Waals surface area contributed by atoms with Gasteiger partial charge in [0, 0.05) is 30.9 Å². The molecule has 0 saturated heterocycles. The Balaban J connectivity index is 1.86. The van der Waals surface area contributed by atoms with E-state index in [-0.39, 0.29) is 23.3 Å². The molecular weight excluding hydrogens is 394 g/mol. The van der Waals surface area contributed by atoms with Crippen molar-refractivity contribution in [1.82, 2.24) is 5.43 Å². The first-order chi connectivity index (χ1) is 14.9. The van der Waals surface area contributed by atoms with Crippen molar-refractivity contribution in [2.75, 3.05) is 0 Å². The van der Waals surface area contributed by atoms with E-state index >= 15 is 0 Å². The highest BCUT2D eigenvalue weighted by molar-refractivity contribution is 6.03. The summed E-state index contributed by atoms with van der Waals surface area (Å²) in [6.45, 7) is 9.16. The molecule has 0 radical (unpaired) electrons. The van der Waals surface area contributed by atoms with Gasteiger partial charge in [0.2, 0.25) is 0 Å². The van der Waals surface area contributed by atoms with Gasteiger partial charge in [-0.2, -0.15) is 5.10 Å². The minimum absolute atomic E-state index is 0.0245. The first-order valence-corrected chi connectivity index (χ1v) is 11.1. The maximum atomic E-state index is 14.0. The van der Waals surface area contributed by atoms with E-state index in [0.29, 0.717) is 18.4 Å². The lowest BCUT2D eigenvalue weighted by atomic mass is 9.88. The van der Waals surface area contributed by atoms with Crippen LogP contribution < -0.4 is 5.43 Å². The van der Waals surface area contributed by atoms with Gasteiger partial charge in [-0.05, 0) is 62.3 Å². The number of ketones is 1. The van der Waals surface area contributed by atoms with Crippen LogP contribution in [0.25, 0.3) is 0 Å². The van der Waals surface area contributed by atoms with Gasteiger partial charge in [-0.15, -0.1) is 0 Å². The highest BCUT2D eigenvalue weighted by atomic mass is 19.1. The highest BCUT2D eigenvalue weighted by Gasteiger charge is 2.21. The Labute approximate surface area is 185 Å². The normalized spacial score (nSPS) is 17.5. The number of halogens is 2. The number of nitrogens with one attached hydrogen (secondary N) is 1. The summed E-state index contributed by atoms with van der Waals surface area (Å²) in [6.07, 6.45) is 12.5. The predicted molar refractivity (Wildman–Crippen MR) is 124 cm³/mol. The summed E-state index contributed by atoms with van der Waals surface area (Å²) in [5.41, 5.74) is 5.82. The van der Waals surface area contributed by atoms with Crippen molar-refractivity contribution in [2.24, 2.45) is 5.10 Å². The molecule has 5 heteroatoms. The molecule has 0 fully saturated rings. The van der Waals surface area contributed by atoms with Gasteiger partial charge in [0.15, 0.2) is 0 Å². The van der Waals surface area contributed by atoms with E-state index in [4.69, 9.17) is 0 Å². The van der Waals surface area contributed by atoms with E-state index in [1.807, 2.05) is 32.1 Å². The maximum Gasteiger partial charge on any atom is 0.133 e. The minimum Gasteiger partial charge on any atom is -0.306 e. The minimum atomic E-state index is -0.547. The SMILES string of the molecule is C=C/C=C(\C=C/C)C1=NNC(CCCC(=O)CC(CCC)c2cc(F)c(C)c(F)c2)C1. The lowest BCUT2D eigenvalue weighted by Crippen LogP contribution is -2.19. The molecule has 2 unspecified atom stereocenters. The third-order valence-electron chi connectivity index (χ3n) is 5.69. The molecule has 0 aliphatic carbocycles. The standard InChI is InChI=1S/C26H34F2N2O/c1-5-9-19(10-6-2)26-17-22(29-30-26)12-8-13-23(31)14-20(11-7-3)21-15-24(27)18(4)25(28)16-21/h5-6,9-10,15-16,20,22,29H,1,7-8,11-14,17H2,2-4H3/b10-6-,19-9+. The van der Waals surface area contributed by atoms with Crippen LogP contribution in [0.5, 0.6) is 0 Å². The van der Waals surface area contributed by atoms with Crippen LogP contribution in [0.4, 0.5) is 8.78 Å². The van der Waals surface area contributed by atoms with Crippen LogP contribution in [0.15, 0.2) is 53.7 Å². The van der Waals surface area contributed by atoms with E-state index in [9.17, 15) is 13.6 Å². The van der Waals surface area contributed by atoms with Gasteiger partial charge in [-0.25, -0.2) is 8.78 Å². The number of allylic oxidation sites excluding steroid dienone is 5. The Morgan fingerprint density at radius 1 is 1.35 bits per heavy atom. The molecule has 1 aliphatic rings. The zero-order valence-electron chi connectivity index (χ0n) is 18.9. The second-order valence-corrected chi connectivity index (χ2v) is 8.18. The molecule has 0 saturated carbocycles. The molecule has 2 rings (SSSR count). The van der Waals surface area contributed by atoms with E-state index in [2.05, 4.69) is 17.1 Å². The third kappa shape index (κ3) is 7.27. The Hall–Kier alpha value is -2.56. The number of benzene rings is 1. The summed E-state index contributed by atoms with van der Waals surface area (Å²) in [6, 6.07) is 2.98. The number of hydrazone groups is 1. The van der Waals surface area contributed by atoms with Gasteiger partial charge in [0.1, 0.15) is 17.4 Å². The van der Waals surface area contributed by atoms with E-state index in [0.717, 1.165) is 43.4 Å². The van der Waals surface area contributed by atoms with Crippen molar-refractivity contribution >= 4 is 11.5 Å². The van der Waals surface area contributed by atoms with Crippen molar-refractivity contribution in [3.05, 3.63) is 71.4 Å². The molecule has 31 heavy (non-hydrogen) atoms. The van der Waals surface area contributed by atoms with Crippen molar-refractivity contribution in [1.29, 1.82) is 0 Å². The number of carbonyl (C=O) groups is 1. The molecule has 168 valence electrons. The summed E-state index contributed by atoms with van der Waals surface area (Å²) < 4.78 is 28.0. The molecule has 2 atom stereocenters. The van der Waals surface area contributed by atoms with Crippen molar-refractivity contribution in [3.63, 3.8) is 0 Å². The van der Waals surface area contributed by atoms with Gasteiger partial charge in [-0.1, -0.05) is 44.2 Å². The molecule has 1 heterocycles. The fourth-order valence-corrected chi connectivity index (χ4v) is 3.96. The van der Waals surface area contributed by atoms with Gasteiger partial charge in [-0.3, -0.25) is 4.79 Å². The Kier molecular flexibility index (Phi) is 9.83. The fourth-order valence-electron chi connectivity index (χ4n) is 3.96. The van der Waals surface area contributed by atoms with Gasteiger partial charge >= 0.3 is 0 Å². The zero-order chi connectivity index (χ0) is 22.8. The number of hydrogen-bond donors (Lipinski definition) is 1. The second kappa shape index (κ2) is 12.3.